The van der Waals surface area contributed by atoms with Crippen LogP contribution < -0.4 is 10.6 Å². The van der Waals surface area contributed by atoms with Crippen LogP contribution in [0.2, 0.25) is 10.0 Å². The molecule has 5 rings (SSSR count). The molecule has 0 spiro atoms. The van der Waals surface area contributed by atoms with E-state index >= 15 is 0 Å². The van der Waals surface area contributed by atoms with Gasteiger partial charge < -0.3 is 5.73 Å². The minimum Gasteiger partial charge on any atom is -0.384 e. The van der Waals surface area contributed by atoms with Crippen molar-refractivity contribution in [3.63, 3.8) is 0 Å². The molecule has 2 N–H and O–H groups in total. The average Bonchev–Trinajstić information content (AvgIpc) is 2.90. The highest BCUT2D eigenvalue weighted by Crippen LogP contribution is 2.48. The topological polar surface area (TPSA) is 70.1 Å². The highest BCUT2D eigenvalue weighted by Gasteiger charge is 2.41. The van der Waals surface area contributed by atoms with Gasteiger partial charge in [-0.25, -0.2) is 0 Å². The maximum atomic E-state index is 13.6. The molecule has 1 aliphatic heterocycles. The van der Waals surface area contributed by atoms with E-state index in [9.17, 15) is 10.1 Å². The van der Waals surface area contributed by atoms with E-state index in [4.69, 9.17) is 28.9 Å². The molecule has 1 heterocycles. The molecule has 1 aliphatic carbocycles. The van der Waals surface area contributed by atoms with Gasteiger partial charge in [-0.15, -0.1) is 11.8 Å². The number of ketones is 1. The molecule has 0 aromatic heterocycles. The summed E-state index contributed by atoms with van der Waals surface area (Å²) in [5, 5.41) is 11.2. The Morgan fingerprint density at radius 3 is 2.44 bits per heavy atom. The van der Waals surface area contributed by atoms with Gasteiger partial charge in [-0.05, 0) is 86.2 Å². The number of rotatable bonds is 5. The minimum atomic E-state index is -0.513. The monoisotopic (exact) mass is 573 g/mol. The number of nitriles is 1. The Morgan fingerprint density at radius 1 is 1.00 bits per heavy atom. The molecule has 3 aromatic carbocycles. The number of anilines is 1. The zero-order valence-electron chi connectivity index (χ0n) is 22.1. The first-order valence-electron chi connectivity index (χ1n) is 12.9. The molecule has 1 unspecified atom stereocenters. The van der Waals surface area contributed by atoms with Gasteiger partial charge >= 0.3 is 0 Å². The number of hydrogen-bond donors (Lipinski definition) is 1. The fourth-order valence-corrected chi connectivity index (χ4v) is 6.75. The van der Waals surface area contributed by atoms with Crippen molar-refractivity contribution in [3.05, 3.63) is 115 Å². The number of carbonyl (C=O) groups excluding carboxylic acids is 1. The number of Topliss-reactive ketones (excluding diaryl/α,β-unsaturated/α-hetero) is 1. The quantitative estimate of drug-likeness (QED) is 0.310. The summed E-state index contributed by atoms with van der Waals surface area (Å²) >= 11 is 14.3. The standard InChI is InChI=1S/C32H29Cl2N3OS/c1-18-7-10-23(11-8-18)39-17-21-14-24(20(3)13-19(21)2)30-25(16-35)32(36)37(22-9-12-26(33)27(34)15-22)28-5-4-6-29(38)31(28)30/h7-15,30H,4-6,17,36H2,1-3H3. The second-order valence-corrected chi connectivity index (χ2v) is 12.0. The van der Waals surface area contributed by atoms with Crippen molar-refractivity contribution in [2.75, 3.05) is 4.90 Å². The van der Waals surface area contributed by atoms with Crippen LogP contribution in [0.4, 0.5) is 5.69 Å². The number of carbonyl (C=O) groups is 1. The van der Waals surface area contributed by atoms with Crippen LogP contribution in [0.25, 0.3) is 0 Å². The third-order valence-electron chi connectivity index (χ3n) is 7.53. The highest BCUT2D eigenvalue weighted by molar-refractivity contribution is 7.98. The van der Waals surface area contributed by atoms with E-state index in [1.165, 1.54) is 21.6 Å². The van der Waals surface area contributed by atoms with Crippen molar-refractivity contribution in [2.24, 2.45) is 5.73 Å². The number of nitrogens with zero attached hydrogens (tertiary/aromatic N) is 2. The number of hydrogen-bond acceptors (Lipinski definition) is 5. The van der Waals surface area contributed by atoms with E-state index in [1.54, 1.807) is 23.9 Å². The molecule has 0 saturated carbocycles. The second-order valence-electron chi connectivity index (χ2n) is 10.2. The molecule has 4 nitrogen and oxygen atoms in total. The Labute approximate surface area is 244 Å². The summed E-state index contributed by atoms with van der Waals surface area (Å²) in [6.45, 7) is 6.24. The highest BCUT2D eigenvalue weighted by atomic mass is 35.5. The first kappa shape index (κ1) is 27.4. The van der Waals surface area contributed by atoms with Crippen molar-refractivity contribution in [2.45, 2.75) is 56.6 Å². The van der Waals surface area contributed by atoms with Crippen molar-refractivity contribution in [3.8, 4) is 6.07 Å². The zero-order valence-corrected chi connectivity index (χ0v) is 24.5. The molecular formula is C32H29Cl2N3OS. The Balaban J connectivity index is 1.62. The van der Waals surface area contributed by atoms with Gasteiger partial charge in [-0.3, -0.25) is 9.69 Å². The maximum absolute atomic E-state index is 13.6. The lowest BCUT2D eigenvalue weighted by Crippen LogP contribution is -2.39. The SMILES string of the molecule is Cc1ccc(SCc2cc(C3C(C#N)=C(N)N(c4ccc(Cl)c(Cl)c4)C4=C3C(=O)CCC4)c(C)cc2C)cc1. The van der Waals surface area contributed by atoms with Crippen molar-refractivity contribution in [1.82, 2.24) is 0 Å². The van der Waals surface area contributed by atoms with Crippen molar-refractivity contribution in [1.29, 1.82) is 5.26 Å². The van der Waals surface area contributed by atoms with Gasteiger partial charge in [0.2, 0.25) is 0 Å². The molecule has 3 aromatic rings. The lowest BCUT2D eigenvalue weighted by molar-refractivity contribution is -0.116. The molecule has 198 valence electrons. The largest absolute Gasteiger partial charge is 0.384 e. The fraction of sp³-hybridized carbons (Fsp3) is 0.250. The van der Waals surface area contributed by atoms with E-state index < -0.39 is 5.92 Å². The molecule has 0 bridgehead atoms. The van der Waals surface area contributed by atoms with Gasteiger partial charge in [0.15, 0.2) is 5.78 Å². The molecule has 2 aliphatic rings. The van der Waals surface area contributed by atoms with Crippen molar-refractivity contribution < 1.29 is 4.79 Å². The summed E-state index contributed by atoms with van der Waals surface area (Å²) in [5.74, 6) is 0.651. The average molecular weight is 575 g/mol. The third-order valence-corrected chi connectivity index (χ3v) is 9.33. The van der Waals surface area contributed by atoms with Crippen LogP contribution in [0.1, 0.15) is 53.0 Å². The number of thioether (sulfide) groups is 1. The summed E-state index contributed by atoms with van der Waals surface area (Å²) in [6.07, 6.45) is 1.85. The predicted molar refractivity (Wildman–Crippen MR) is 161 cm³/mol. The number of allylic oxidation sites excluding steroid dienone is 3. The normalized spacial score (nSPS) is 17.4. The summed E-state index contributed by atoms with van der Waals surface area (Å²) in [7, 11) is 0. The molecule has 0 fully saturated rings. The molecule has 1 atom stereocenters. The Hall–Kier alpha value is -3.17. The smallest absolute Gasteiger partial charge is 0.161 e. The number of aryl methyl sites for hydroxylation is 3. The lowest BCUT2D eigenvalue weighted by atomic mass is 9.74. The second kappa shape index (κ2) is 11.1. The predicted octanol–water partition coefficient (Wildman–Crippen LogP) is 8.52. The fourth-order valence-electron chi connectivity index (χ4n) is 5.49. The van der Waals surface area contributed by atoms with E-state index in [1.807, 2.05) is 17.9 Å². The Bertz CT molecular complexity index is 1580. The minimum absolute atomic E-state index is 0.0575. The molecule has 0 radical (unpaired) electrons. The van der Waals surface area contributed by atoms with Crippen LogP contribution in [0.5, 0.6) is 0 Å². The third kappa shape index (κ3) is 5.22. The number of benzene rings is 3. The van der Waals surface area contributed by atoms with E-state index in [-0.39, 0.29) is 5.78 Å². The van der Waals surface area contributed by atoms with Crippen LogP contribution >= 0.6 is 35.0 Å². The van der Waals surface area contributed by atoms with E-state index in [0.717, 1.165) is 29.0 Å². The summed E-state index contributed by atoms with van der Waals surface area (Å²) in [4.78, 5) is 16.6. The van der Waals surface area contributed by atoms with Gasteiger partial charge in [-0.1, -0.05) is 53.0 Å². The first-order chi connectivity index (χ1) is 18.7. The molecule has 39 heavy (non-hydrogen) atoms. The Kier molecular flexibility index (Phi) is 7.82. The summed E-state index contributed by atoms with van der Waals surface area (Å²) < 4.78 is 0. The van der Waals surface area contributed by atoms with Crippen LogP contribution in [-0.4, -0.2) is 5.78 Å². The van der Waals surface area contributed by atoms with Crippen LogP contribution in [0.3, 0.4) is 0 Å². The number of halogens is 2. The summed E-state index contributed by atoms with van der Waals surface area (Å²) in [5.41, 5.74) is 14.9. The van der Waals surface area contributed by atoms with Crippen LogP contribution in [0, 0.1) is 32.1 Å². The van der Waals surface area contributed by atoms with Gasteiger partial charge in [-0.2, -0.15) is 5.26 Å². The van der Waals surface area contributed by atoms with Gasteiger partial charge in [0.05, 0.1) is 27.6 Å². The summed E-state index contributed by atoms with van der Waals surface area (Å²) in [6, 6.07) is 20.5. The number of nitrogens with two attached hydrogens (primary N) is 1. The van der Waals surface area contributed by atoms with Crippen LogP contribution in [0.15, 0.2) is 82.2 Å². The zero-order chi connectivity index (χ0) is 27.8. The van der Waals surface area contributed by atoms with Crippen LogP contribution in [-0.2, 0) is 10.5 Å². The first-order valence-corrected chi connectivity index (χ1v) is 14.6. The van der Waals surface area contributed by atoms with Gasteiger partial charge in [0.1, 0.15) is 5.82 Å². The molecule has 0 amide bonds. The molecule has 0 saturated heterocycles. The van der Waals surface area contributed by atoms with Crippen molar-refractivity contribution >= 4 is 46.4 Å². The molecular weight excluding hydrogens is 545 g/mol. The van der Waals surface area contributed by atoms with E-state index in [0.29, 0.717) is 45.5 Å². The maximum Gasteiger partial charge on any atom is 0.161 e. The lowest BCUT2D eigenvalue weighted by Gasteiger charge is -2.40. The van der Waals surface area contributed by atoms with Gasteiger partial charge in [0, 0.05) is 34.0 Å². The molecule has 7 heteroatoms. The Morgan fingerprint density at radius 2 is 1.74 bits per heavy atom. The van der Waals surface area contributed by atoms with Gasteiger partial charge in [0.25, 0.3) is 0 Å². The van der Waals surface area contributed by atoms with E-state index in [2.05, 4.69) is 56.3 Å².